The van der Waals surface area contributed by atoms with Crippen LogP contribution in [0, 0.1) is 11.6 Å². The number of anilines is 2. The second-order valence-electron chi connectivity index (χ2n) is 9.50. The second-order valence-corrected chi connectivity index (χ2v) is 9.50. The number of rotatable bonds is 5. The Labute approximate surface area is 209 Å². The van der Waals surface area contributed by atoms with Gasteiger partial charge in [0.25, 0.3) is 0 Å². The molecule has 36 heavy (non-hydrogen) atoms. The Hall–Kier alpha value is -3.75. The third-order valence-corrected chi connectivity index (χ3v) is 6.62. The zero-order chi connectivity index (χ0) is 25.2. The molecule has 0 unspecified atom stereocenters. The van der Waals surface area contributed by atoms with Gasteiger partial charge in [-0.3, -0.25) is 0 Å². The lowest BCUT2D eigenvalue weighted by molar-refractivity contribution is 0.205. The third-order valence-electron chi connectivity index (χ3n) is 6.62. The van der Waals surface area contributed by atoms with Crippen LogP contribution in [0.15, 0.2) is 42.5 Å². The highest BCUT2D eigenvalue weighted by Crippen LogP contribution is 2.33. The van der Waals surface area contributed by atoms with Crippen molar-refractivity contribution in [3.8, 4) is 11.6 Å². The topological polar surface area (TPSA) is 70.6 Å². The number of ether oxygens (including phenoxy) is 1. The summed E-state index contributed by atoms with van der Waals surface area (Å²) >= 11 is 0. The molecule has 2 aliphatic heterocycles. The van der Waals surface area contributed by atoms with Gasteiger partial charge < -0.3 is 19.9 Å². The standard InChI is InChI=1S/C27H29F2N5O2/c1-17(2)18-5-7-19(8-6-18)30-27(35)34-14-11-24-21(16-34)25(32-26(31-24)33-12-3-4-13-33)36-20-9-10-22(28)23(29)15-20/h5-10,15,17H,3-4,11-14,16H2,1-2H3,(H,30,35). The quantitative estimate of drug-likeness (QED) is 0.482. The highest BCUT2D eigenvalue weighted by atomic mass is 19.2. The maximum Gasteiger partial charge on any atom is 0.322 e. The van der Waals surface area contributed by atoms with E-state index >= 15 is 0 Å². The van der Waals surface area contributed by atoms with E-state index in [4.69, 9.17) is 9.72 Å². The van der Waals surface area contributed by atoms with Crippen molar-refractivity contribution in [3.63, 3.8) is 0 Å². The summed E-state index contributed by atoms with van der Waals surface area (Å²) in [5, 5.41) is 2.95. The number of aromatic nitrogens is 2. The molecule has 2 aliphatic rings. The number of nitrogens with one attached hydrogen (secondary N) is 1. The van der Waals surface area contributed by atoms with Crippen LogP contribution in [-0.4, -0.2) is 40.5 Å². The van der Waals surface area contributed by atoms with E-state index < -0.39 is 11.6 Å². The van der Waals surface area contributed by atoms with Crippen molar-refractivity contribution in [1.82, 2.24) is 14.9 Å². The Balaban J connectivity index is 1.40. The molecular formula is C27H29F2N5O2. The molecule has 9 heteroatoms. The molecule has 0 atom stereocenters. The number of benzene rings is 2. The van der Waals surface area contributed by atoms with Gasteiger partial charge in [0.2, 0.25) is 11.8 Å². The molecule has 1 saturated heterocycles. The summed E-state index contributed by atoms with van der Waals surface area (Å²) in [6.07, 6.45) is 2.66. The van der Waals surface area contributed by atoms with E-state index in [1.54, 1.807) is 4.90 Å². The number of hydrogen-bond donors (Lipinski definition) is 1. The lowest BCUT2D eigenvalue weighted by Crippen LogP contribution is -2.39. The highest BCUT2D eigenvalue weighted by Gasteiger charge is 2.28. The smallest absolute Gasteiger partial charge is 0.322 e. The predicted octanol–water partition coefficient (Wildman–Crippen LogP) is 5.86. The van der Waals surface area contributed by atoms with Crippen LogP contribution in [0.3, 0.4) is 0 Å². The molecule has 2 aromatic carbocycles. The summed E-state index contributed by atoms with van der Waals surface area (Å²) in [4.78, 5) is 26.2. The monoisotopic (exact) mass is 493 g/mol. The number of carbonyl (C=O) groups excluding carboxylic acids is 1. The van der Waals surface area contributed by atoms with Crippen molar-refractivity contribution < 1.29 is 18.3 Å². The van der Waals surface area contributed by atoms with E-state index in [1.807, 2.05) is 24.3 Å². The average molecular weight is 494 g/mol. The van der Waals surface area contributed by atoms with Crippen molar-refractivity contribution in [2.75, 3.05) is 29.9 Å². The van der Waals surface area contributed by atoms with Gasteiger partial charge in [-0.05, 0) is 48.6 Å². The molecule has 7 nitrogen and oxygen atoms in total. The summed E-state index contributed by atoms with van der Waals surface area (Å²) in [5.41, 5.74) is 3.38. The molecule has 188 valence electrons. The van der Waals surface area contributed by atoms with E-state index in [0.29, 0.717) is 36.1 Å². The van der Waals surface area contributed by atoms with E-state index in [0.717, 1.165) is 43.8 Å². The first-order valence-electron chi connectivity index (χ1n) is 12.3. The highest BCUT2D eigenvalue weighted by molar-refractivity contribution is 5.89. The minimum absolute atomic E-state index is 0.133. The van der Waals surface area contributed by atoms with Crippen molar-refractivity contribution in [3.05, 3.63) is 70.9 Å². The van der Waals surface area contributed by atoms with Crippen LogP contribution in [0.25, 0.3) is 0 Å². The fraction of sp³-hybridized carbons (Fsp3) is 0.370. The van der Waals surface area contributed by atoms with Crippen molar-refractivity contribution in [2.45, 2.75) is 45.6 Å². The number of halogens is 2. The van der Waals surface area contributed by atoms with Crippen LogP contribution >= 0.6 is 0 Å². The molecule has 3 aromatic rings. The molecule has 0 spiro atoms. The molecule has 0 bridgehead atoms. The van der Waals surface area contributed by atoms with E-state index in [-0.39, 0.29) is 24.2 Å². The van der Waals surface area contributed by atoms with Gasteiger partial charge in [-0.2, -0.15) is 4.98 Å². The Morgan fingerprint density at radius 1 is 1.00 bits per heavy atom. The van der Waals surface area contributed by atoms with Crippen LogP contribution in [0.2, 0.25) is 0 Å². The fourth-order valence-electron chi connectivity index (χ4n) is 4.49. The number of fused-ring (bicyclic) bond motifs is 1. The number of carbonyl (C=O) groups is 1. The van der Waals surface area contributed by atoms with E-state index in [2.05, 4.69) is 29.0 Å². The number of hydrogen-bond acceptors (Lipinski definition) is 5. The maximum absolute atomic E-state index is 13.8. The SMILES string of the molecule is CC(C)c1ccc(NC(=O)N2CCc3nc(N4CCCC4)nc(Oc4ccc(F)c(F)c4)c3C2)cc1. The summed E-state index contributed by atoms with van der Waals surface area (Å²) in [5.74, 6) is -0.590. The first-order chi connectivity index (χ1) is 17.4. The Morgan fingerprint density at radius 3 is 2.44 bits per heavy atom. The fourth-order valence-corrected chi connectivity index (χ4v) is 4.49. The Kier molecular flexibility index (Phi) is 6.71. The van der Waals surface area contributed by atoms with Gasteiger partial charge in [-0.1, -0.05) is 26.0 Å². The van der Waals surface area contributed by atoms with Gasteiger partial charge in [-0.25, -0.2) is 18.6 Å². The van der Waals surface area contributed by atoms with Crippen LogP contribution in [-0.2, 0) is 13.0 Å². The van der Waals surface area contributed by atoms with Gasteiger partial charge >= 0.3 is 6.03 Å². The average Bonchev–Trinajstić information content (AvgIpc) is 3.41. The van der Waals surface area contributed by atoms with Crippen LogP contribution in [0.4, 0.5) is 25.2 Å². The Bertz CT molecular complexity index is 1260. The lowest BCUT2D eigenvalue weighted by atomic mass is 10.0. The van der Waals surface area contributed by atoms with Crippen molar-refractivity contribution in [1.29, 1.82) is 0 Å². The van der Waals surface area contributed by atoms with Crippen molar-refractivity contribution in [2.24, 2.45) is 0 Å². The van der Waals surface area contributed by atoms with Crippen LogP contribution in [0.5, 0.6) is 11.6 Å². The minimum Gasteiger partial charge on any atom is -0.438 e. The van der Waals surface area contributed by atoms with Gasteiger partial charge in [0.05, 0.1) is 17.8 Å². The van der Waals surface area contributed by atoms with E-state index in [1.165, 1.54) is 11.6 Å². The van der Waals surface area contributed by atoms with Gasteiger partial charge in [0, 0.05) is 37.8 Å². The zero-order valence-corrected chi connectivity index (χ0v) is 20.4. The molecule has 1 N–H and O–H groups in total. The van der Waals surface area contributed by atoms with Crippen molar-refractivity contribution >= 4 is 17.7 Å². The second kappa shape index (κ2) is 10.1. The Morgan fingerprint density at radius 2 is 1.75 bits per heavy atom. The predicted molar refractivity (Wildman–Crippen MR) is 134 cm³/mol. The normalized spacial score (nSPS) is 15.2. The molecule has 2 amide bonds. The molecule has 1 fully saturated rings. The molecule has 3 heterocycles. The number of nitrogens with zero attached hydrogens (tertiary/aromatic N) is 4. The number of urea groups is 1. The molecule has 1 aromatic heterocycles. The van der Waals surface area contributed by atoms with Gasteiger partial charge in [0.15, 0.2) is 11.6 Å². The van der Waals surface area contributed by atoms with Crippen LogP contribution < -0.4 is 15.0 Å². The summed E-state index contributed by atoms with van der Waals surface area (Å²) < 4.78 is 33.2. The van der Waals surface area contributed by atoms with Gasteiger partial charge in [-0.15, -0.1) is 0 Å². The molecule has 0 radical (unpaired) electrons. The molecule has 0 aliphatic carbocycles. The van der Waals surface area contributed by atoms with Gasteiger partial charge in [0.1, 0.15) is 5.75 Å². The summed E-state index contributed by atoms with van der Waals surface area (Å²) in [7, 11) is 0. The first-order valence-corrected chi connectivity index (χ1v) is 12.3. The zero-order valence-electron chi connectivity index (χ0n) is 20.4. The molecule has 0 saturated carbocycles. The maximum atomic E-state index is 13.8. The third kappa shape index (κ3) is 5.10. The lowest BCUT2D eigenvalue weighted by Gasteiger charge is -2.30. The first kappa shape index (κ1) is 24.0. The largest absolute Gasteiger partial charge is 0.438 e. The molecular weight excluding hydrogens is 464 g/mol. The summed E-state index contributed by atoms with van der Waals surface area (Å²) in [6.45, 7) is 6.68. The number of amides is 2. The molecule has 5 rings (SSSR count). The summed E-state index contributed by atoms with van der Waals surface area (Å²) in [6, 6.07) is 10.9. The van der Waals surface area contributed by atoms with E-state index in [9.17, 15) is 13.6 Å². The minimum atomic E-state index is -1.00. The van der Waals surface area contributed by atoms with Crippen LogP contribution in [0.1, 0.15) is 49.4 Å².